The van der Waals surface area contributed by atoms with Crippen molar-refractivity contribution in [3.05, 3.63) is 42.0 Å². The van der Waals surface area contributed by atoms with Crippen molar-refractivity contribution in [1.82, 2.24) is 4.90 Å². The number of ether oxygens (including phenoxy) is 1. The Morgan fingerprint density at radius 3 is 2.36 bits per heavy atom. The van der Waals surface area contributed by atoms with E-state index in [2.05, 4.69) is 5.32 Å². The first-order valence-electron chi connectivity index (χ1n) is 8.77. The van der Waals surface area contributed by atoms with Crippen LogP contribution in [0.15, 0.2) is 30.4 Å². The molecule has 1 aliphatic heterocycles. The summed E-state index contributed by atoms with van der Waals surface area (Å²) in [5.74, 6) is -4.65. The first-order valence-corrected chi connectivity index (χ1v) is 8.77. The smallest absolute Gasteiger partial charge is 0.308 e. The van der Waals surface area contributed by atoms with E-state index in [1.807, 2.05) is 12.2 Å². The van der Waals surface area contributed by atoms with Gasteiger partial charge < -0.3 is 10.1 Å². The number of anilines is 1. The Bertz CT molecular complexity index is 829. The summed E-state index contributed by atoms with van der Waals surface area (Å²) in [5.41, 5.74) is -0.244. The van der Waals surface area contributed by atoms with Crippen molar-refractivity contribution in [3.8, 4) is 0 Å². The van der Waals surface area contributed by atoms with E-state index >= 15 is 0 Å². The molecule has 0 unspecified atom stereocenters. The second-order valence-corrected chi connectivity index (χ2v) is 6.57. The standard InChI is InChI=1S/C19H18F2N2O5/c20-11-5-6-15(14(21)9-11)22-16(24)10-28-17(25)7-8-23-18(26)12-3-1-2-4-13(12)19(23)27/h1-2,5-6,9,12-13H,3-4,7-8,10H2,(H,22,24)/t12-,13-/m1/s1. The van der Waals surface area contributed by atoms with Gasteiger partial charge in [-0.3, -0.25) is 24.1 Å². The van der Waals surface area contributed by atoms with Crippen molar-refractivity contribution in [2.75, 3.05) is 18.5 Å². The zero-order valence-corrected chi connectivity index (χ0v) is 14.8. The largest absolute Gasteiger partial charge is 0.456 e. The molecule has 2 atom stereocenters. The molecule has 1 aromatic carbocycles. The first kappa shape index (κ1) is 19.7. The summed E-state index contributed by atoms with van der Waals surface area (Å²) in [5, 5.41) is 2.15. The average molecular weight is 392 g/mol. The van der Waals surface area contributed by atoms with Crippen LogP contribution in [0.4, 0.5) is 14.5 Å². The van der Waals surface area contributed by atoms with Crippen molar-refractivity contribution in [2.24, 2.45) is 11.8 Å². The fraction of sp³-hybridized carbons (Fsp3) is 0.368. The summed E-state index contributed by atoms with van der Waals surface area (Å²) in [6.45, 7) is -0.787. The van der Waals surface area contributed by atoms with Crippen molar-refractivity contribution < 1.29 is 32.7 Å². The van der Waals surface area contributed by atoms with Crippen LogP contribution in [0.25, 0.3) is 0 Å². The fourth-order valence-electron chi connectivity index (χ4n) is 3.29. The number of hydrogen-bond donors (Lipinski definition) is 1. The van der Waals surface area contributed by atoms with Crippen LogP contribution in [-0.4, -0.2) is 41.7 Å². The van der Waals surface area contributed by atoms with Gasteiger partial charge in [0.25, 0.3) is 5.91 Å². The summed E-state index contributed by atoms with van der Waals surface area (Å²) < 4.78 is 31.1. The third-order valence-electron chi connectivity index (χ3n) is 4.71. The lowest BCUT2D eigenvalue weighted by Gasteiger charge is -2.14. The lowest BCUT2D eigenvalue weighted by molar-refractivity contribution is -0.148. The Morgan fingerprint density at radius 1 is 1.11 bits per heavy atom. The number of fused-ring (bicyclic) bond motifs is 1. The number of esters is 1. The second kappa shape index (κ2) is 8.28. The van der Waals surface area contributed by atoms with E-state index in [1.54, 1.807) is 0 Å². The number of allylic oxidation sites excluding steroid dienone is 2. The molecule has 0 bridgehead atoms. The van der Waals surface area contributed by atoms with E-state index in [4.69, 9.17) is 4.74 Å². The summed E-state index contributed by atoms with van der Waals surface area (Å²) in [6, 6.07) is 2.63. The molecule has 7 nitrogen and oxygen atoms in total. The Morgan fingerprint density at radius 2 is 1.75 bits per heavy atom. The lowest BCUT2D eigenvalue weighted by Crippen LogP contribution is -2.33. The molecule has 2 aliphatic rings. The predicted molar refractivity (Wildman–Crippen MR) is 92.6 cm³/mol. The molecule has 9 heteroatoms. The van der Waals surface area contributed by atoms with Crippen LogP contribution in [0.1, 0.15) is 19.3 Å². The highest BCUT2D eigenvalue weighted by Gasteiger charge is 2.46. The Hall–Kier alpha value is -3.10. The van der Waals surface area contributed by atoms with Gasteiger partial charge in [-0.05, 0) is 25.0 Å². The number of imide groups is 1. The topological polar surface area (TPSA) is 92.8 Å². The number of likely N-dealkylation sites (tertiary alicyclic amines) is 1. The average Bonchev–Trinajstić information content (AvgIpc) is 2.91. The molecule has 1 N–H and O–H groups in total. The Balaban J connectivity index is 1.44. The van der Waals surface area contributed by atoms with Crippen LogP contribution in [0.2, 0.25) is 0 Å². The number of carbonyl (C=O) groups is 4. The highest BCUT2D eigenvalue weighted by Crippen LogP contribution is 2.35. The molecule has 3 amide bonds. The minimum atomic E-state index is -0.957. The number of carbonyl (C=O) groups excluding carboxylic acids is 4. The monoisotopic (exact) mass is 392 g/mol. The Labute approximate surface area is 159 Å². The van der Waals surface area contributed by atoms with Crippen LogP contribution in [0, 0.1) is 23.5 Å². The number of rotatable bonds is 6. The highest BCUT2D eigenvalue weighted by atomic mass is 19.1. The zero-order valence-electron chi connectivity index (χ0n) is 14.8. The maximum absolute atomic E-state index is 13.5. The molecule has 28 heavy (non-hydrogen) atoms. The molecule has 148 valence electrons. The highest BCUT2D eigenvalue weighted by molar-refractivity contribution is 6.05. The van der Waals surface area contributed by atoms with Gasteiger partial charge in [-0.25, -0.2) is 8.78 Å². The van der Waals surface area contributed by atoms with Gasteiger partial charge in [0, 0.05) is 12.6 Å². The quantitative estimate of drug-likeness (QED) is 0.453. The van der Waals surface area contributed by atoms with E-state index in [9.17, 15) is 28.0 Å². The van der Waals surface area contributed by atoms with Crippen molar-refractivity contribution >= 4 is 29.4 Å². The van der Waals surface area contributed by atoms with Gasteiger partial charge in [0.2, 0.25) is 11.8 Å². The van der Waals surface area contributed by atoms with E-state index in [-0.39, 0.29) is 42.3 Å². The molecule has 0 spiro atoms. The maximum atomic E-state index is 13.5. The summed E-state index contributed by atoms with van der Waals surface area (Å²) in [7, 11) is 0. The number of nitrogens with zero attached hydrogens (tertiary/aromatic N) is 1. The number of benzene rings is 1. The summed E-state index contributed by atoms with van der Waals surface area (Å²) >= 11 is 0. The summed E-state index contributed by atoms with van der Waals surface area (Å²) in [4.78, 5) is 49.2. The van der Waals surface area contributed by atoms with Crippen LogP contribution in [0.3, 0.4) is 0 Å². The second-order valence-electron chi connectivity index (χ2n) is 6.57. The molecule has 1 saturated heterocycles. The van der Waals surface area contributed by atoms with E-state index in [0.29, 0.717) is 18.9 Å². The normalized spacial score (nSPS) is 20.9. The molecular weight excluding hydrogens is 374 g/mol. The van der Waals surface area contributed by atoms with Gasteiger partial charge >= 0.3 is 5.97 Å². The van der Waals surface area contributed by atoms with Gasteiger partial charge in [0.1, 0.15) is 11.6 Å². The van der Waals surface area contributed by atoms with Crippen molar-refractivity contribution in [2.45, 2.75) is 19.3 Å². The van der Waals surface area contributed by atoms with Crippen LogP contribution in [-0.2, 0) is 23.9 Å². The number of halogens is 2. The first-order chi connectivity index (χ1) is 13.4. The molecule has 0 radical (unpaired) electrons. The minimum Gasteiger partial charge on any atom is -0.456 e. The minimum absolute atomic E-state index is 0.113. The van der Waals surface area contributed by atoms with Gasteiger partial charge in [0.05, 0.1) is 23.9 Å². The van der Waals surface area contributed by atoms with Crippen LogP contribution >= 0.6 is 0 Å². The van der Waals surface area contributed by atoms with E-state index in [0.717, 1.165) is 17.0 Å². The fourth-order valence-corrected chi connectivity index (χ4v) is 3.29. The third-order valence-corrected chi connectivity index (χ3v) is 4.71. The van der Waals surface area contributed by atoms with E-state index < -0.39 is 30.1 Å². The molecule has 1 fully saturated rings. The van der Waals surface area contributed by atoms with Crippen LogP contribution in [0.5, 0.6) is 0 Å². The zero-order chi connectivity index (χ0) is 20.3. The predicted octanol–water partition coefficient (Wildman–Crippen LogP) is 1.79. The van der Waals surface area contributed by atoms with E-state index in [1.165, 1.54) is 0 Å². The van der Waals surface area contributed by atoms with Gasteiger partial charge in [-0.15, -0.1) is 0 Å². The number of nitrogens with one attached hydrogen (secondary N) is 1. The SMILES string of the molecule is O=C(COC(=O)CCN1C(=O)[C@@H]2CC=CC[C@H]2C1=O)Nc1ccc(F)cc1F. The molecule has 3 rings (SSSR count). The summed E-state index contributed by atoms with van der Waals surface area (Å²) in [6.07, 6.45) is 4.51. The number of hydrogen-bond acceptors (Lipinski definition) is 5. The number of amides is 3. The van der Waals surface area contributed by atoms with Gasteiger partial charge in [-0.1, -0.05) is 12.2 Å². The van der Waals surface area contributed by atoms with Gasteiger partial charge in [-0.2, -0.15) is 0 Å². The van der Waals surface area contributed by atoms with Crippen molar-refractivity contribution in [3.63, 3.8) is 0 Å². The van der Waals surface area contributed by atoms with Crippen LogP contribution < -0.4 is 5.32 Å². The molecular formula is C19H18F2N2O5. The molecule has 0 aromatic heterocycles. The molecule has 0 saturated carbocycles. The molecule has 1 aliphatic carbocycles. The Kier molecular flexibility index (Phi) is 5.81. The molecule has 1 aromatic rings. The lowest BCUT2D eigenvalue weighted by atomic mass is 9.85. The third kappa shape index (κ3) is 4.24. The van der Waals surface area contributed by atoms with Crippen molar-refractivity contribution in [1.29, 1.82) is 0 Å². The molecule has 1 heterocycles. The van der Waals surface area contributed by atoms with Gasteiger partial charge in [0.15, 0.2) is 6.61 Å². The maximum Gasteiger partial charge on any atom is 0.308 e.